The molecule has 1 aromatic heterocycles. The molecule has 1 aliphatic heterocycles. The summed E-state index contributed by atoms with van der Waals surface area (Å²) in [4.78, 5) is 18.4. The molecule has 0 saturated carbocycles. The molecule has 0 radical (unpaired) electrons. The maximum absolute atomic E-state index is 11.6. The maximum Gasteiger partial charge on any atom is 0.224 e. The largest absolute Gasteiger partial charge is 0.359 e. The molecule has 100 valence electrons. The fraction of sp³-hybridized carbons (Fsp3) is 0.385. The standard InChI is InChI=1S/C13H14ClN3OS/c1-15-12(18)8-5-6-17(7-8)13-16-11-9(14)3-2-4-10(11)19-13/h2-4,8H,5-7H2,1H3,(H,15,18). The summed E-state index contributed by atoms with van der Waals surface area (Å²) in [7, 11) is 1.68. The van der Waals surface area contributed by atoms with Crippen LogP contribution in [0.4, 0.5) is 5.13 Å². The third kappa shape index (κ3) is 2.28. The third-order valence-electron chi connectivity index (χ3n) is 3.43. The summed E-state index contributed by atoms with van der Waals surface area (Å²) >= 11 is 7.77. The SMILES string of the molecule is CNC(=O)C1CCN(c2nc3c(Cl)cccc3s2)C1. The van der Waals surface area contributed by atoms with Crippen LogP contribution in [-0.2, 0) is 4.79 Å². The Bertz CT molecular complexity index is 627. The lowest BCUT2D eigenvalue weighted by molar-refractivity contribution is -0.123. The lowest BCUT2D eigenvalue weighted by Gasteiger charge is -2.13. The van der Waals surface area contributed by atoms with E-state index in [2.05, 4.69) is 15.2 Å². The fourth-order valence-corrected chi connectivity index (χ4v) is 3.69. The number of amides is 1. The van der Waals surface area contributed by atoms with Crippen molar-refractivity contribution >= 4 is 44.2 Å². The van der Waals surface area contributed by atoms with Crippen LogP contribution in [0.15, 0.2) is 18.2 Å². The number of fused-ring (bicyclic) bond motifs is 1. The van der Waals surface area contributed by atoms with Gasteiger partial charge in [-0.05, 0) is 18.6 Å². The Labute approximate surface area is 120 Å². The molecular formula is C13H14ClN3OS. The molecule has 1 amide bonds. The molecular weight excluding hydrogens is 282 g/mol. The zero-order valence-corrected chi connectivity index (χ0v) is 12.1. The van der Waals surface area contributed by atoms with Crippen LogP contribution in [0.1, 0.15) is 6.42 Å². The van der Waals surface area contributed by atoms with Crippen molar-refractivity contribution in [2.45, 2.75) is 6.42 Å². The summed E-state index contributed by atoms with van der Waals surface area (Å²) in [6.45, 7) is 1.60. The topological polar surface area (TPSA) is 45.2 Å². The first-order valence-electron chi connectivity index (χ1n) is 6.20. The summed E-state index contributed by atoms with van der Waals surface area (Å²) in [6.07, 6.45) is 0.878. The van der Waals surface area contributed by atoms with Crippen LogP contribution >= 0.6 is 22.9 Å². The molecule has 1 aliphatic rings. The van der Waals surface area contributed by atoms with Gasteiger partial charge in [0.2, 0.25) is 5.91 Å². The molecule has 1 fully saturated rings. The number of aromatic nitrogens is 1. The van der Waals surface area contributed by atoms with Gasteiger partial charge in [0.05, 0.1) is 15.6 Å². The molecule has 2 aromatic rings. The van der Waals surface area contributed by atoms with Crippen molar-refractivity contribution in [3.8, 4) is 0 Å². The van der Waals surface area contributed by atoms with E-state index >= 15 is 0 Å². The number of halogens is 1. The van der Waals surface area contributed by atoms with Crippen LogP contribution in [0, 0.1) is 5.92 Å². The molecule has 1 saturated heterocycles. The second-order valence-electron chi connectivity index (χ2n) is 4.63. The Morgan fingerprint density at radius 1 is 1.58 bits per heavy atom. The molecule has 0 spiro atoms. The number of carbonyl (C=O) groups excluding carboxylic acids is 1. The quantitative estimate of drug-likeness (QED) is 0.926. The molecule has 3 rings (SSSR count). The van der Waals surface area contributed by atoms with E-state index in [0.29, 0.717) is 5.02 Å². The number of benzene rings is 1. The number of rotatable bonds is 2. The van der Waals surface area contributed by atoms with E-state index in [-0.39, 0.29) is 11.8 Å². The average Bonchev–Trinajstić information content (AvgIpc) is 3.04. The first kappa shape index (κ1) is 12.7. The minimum absolute atomic E-state index is 0.0625. The van der Waals surface area contributed by atoms with Gasteiger partial charge in [0.15, 0.2) is 5.13 Å². The first-order chi connectivity index (χ1) is 9.19. The second-order valence-corrected chi connectivity index (χ2v) is 6.05. The Morgan fingerprint density at radius 3 is 3.16 bits per heavy atom. The Kier molecular flexibility index (Phi) is 3.33. The monoisotopic (exact) mass is 295 g/mol. The predicted molar refractivity (Wildman–Crippen MR) is 79.0 cm³/mol. The van der Waals surface area contributed by atoms with Gasteiger partial charge in [0, 0.05) is 20.1 Å². The van der Waals surface area contributed by atoms with Gasteiger partial charge in [0.1, 0.15) is 5.52 Å². The van der Waals surface area contributed by atoms with Crippen LogP contribution in [0.3, 0.4) is 0 Å². The summed E-state index contributed by atoms with van der Waals surface area (Å²) < 4.78 is 1.09. The molecule has 2 heterocycles. The number of thiazole rings is 1. The van der Waals surface area contributed by atoms with Gasteiger partial charge in [-0.15, -0.1) is 0 Å². The number of anilines is 1. The minimum atomic E-state index is 0.0625. The fourth-order valence-electron chi connectivity index (χ4n) is 2.39. The number of para-hydroxylation sites is 1. The second kappa shape index (κ2) is 4.98. The highest BCUT2D eigenvalue weighted by Gasteiger charge is 2.29. The van der Waals surface area contributed by atoms with E-state index in [0.717, 1.165) is 34.9 Å². The molecule has 0 aliphatic carbocycles. The van der Waals surface area contributed by atoms with Gasteiger partial charge in [-0.3, -0.25) is 4.79 Å². The molecule has 19 heavy (non-hydrogen) atoms. The van der Waals surface area contributed by atoms with Crippen molar-refractivity contribution in [3.63, 3.8) is 0 Å². The Morgan fingerprint density at radius 2 is 2.42 bits per heavy atom. The summed E-state index contributed by atoms with van der Waals surface area (Å²) in [5, 5.41) is 4.35. The number of nitrogens with zero attached hydrogens (tertiary/aromatic N) is 2. The number of hydrogen-bond donors (Lipinski definition) is 1. The van der Waals surface area contributed by atoms with Crippen LogP contribution in [0.5, 0.6) is 0 Å². The summed E-state index contributed by atoms with van der Waals surface area (Å²) in [5.41, 5.74) is 0.854. The Balaban J connectivity index is 1.86. The average molecular weight is 296 g/mol. The third-order valence-corrected chi connectivity index (χ3v) is 4.82. The van der Waals surface area contributed by atoms with Gasteiger partial charge in [-0.25, -0.2) is 4.98 Å². The van der Waals surface area contributed by atoms with Gasteiger partial charge in [-0.1, -0.05) is 29.0 Å². The molecule has 1 N–H and O–H groups in total. The van der Waals surface area contributed by atoms with E-state index in [4.69, 9.17) is 11.6 Å². The summed E-state index contributed by atoms with van der Waals surface area (Å²) in [6, 6.07) is 5.81. The smallest absolute Gasteiger partial charge is 0.224 e. The van der Waals surface area contributed by atoms with E-state index < -0.39 is 0 Å². The van der Waals surface area contributed by atoms with Crippen molar-refractivity contribution in [3.05, 3.63) is 23.2 Å². The molecule has 1 unspecified atom stereocenters. The molecule has 4 nitrogen and oxygen atoms in total. The zero-order valence-electron chi connectivity index (χ0n) is 10.5. The van der Waals surface area contributed by atoms with E-state index in [1.807, 2.05) is 18.2 Å². The summed E-state index contributed by atoms with van der Waals surface area (Å²) in [5.74, 6) is 0.175. The molecule has 1 aromatic carbocycles. The van der Waals surface area contributed by atoms with Crippen LogP contribution in [0.25, 0.3) is 10.2 Å². The highest BCUT2D eigenvalue weighted by atomic mass is 35.5. The van der Waals surface area contributed by atoms with Gasteiger partial charge in [-0.2, -0.15) is 0 Å². The van der Waals surface area contributed by atoms with Crippen LogP contribution < -0.4 is 10.2 Å². The number of nitrogens with one attached hydrogen (secondary N) is 1. The van der Waals surface area contributed by atoms with Crippen LogP contribution in [0.2, 0.25) is 5.02 Å². The van der Waals surface area contributed by atoms with E-state index in [1.165, 1.54) is 0 Å². The lowest BCUT2D eigenvalue weighted by atomic mass is 10.1. The van der Waals surface area contributed by atoms with Crippen molar-refractivity contribution < 1.29 is 4.79 Å². The molecule has 1 atom stereocenters. The Hall–Kier alpha value is -1.33. The van der Waals surface area contributed by atoms with Crippen LogP contribution in [-0.4, -0.2) is 31.0 Å². The van der Waals surface area contributed by atoms with Crippen molar-refractivity contribution in [2.24, 2.45) is 5.92 Å². The van der Waals surface area contributed by atoms with E-state index in [9.17, 15) is 4.79 Å². The zero-order chi connectivity index (χ0) is 13.4. The molecule has 0 bridgehead atoms. The normalized spacial score (nSPS) is 19.1. The molecule has 6 heteroatoms. The maximum atomic E-state index is 11.6. The van der Waals surface area contributed by atoms with Gasteiger partial charge < -0.3 is 10.2 Å². The highest BCUT2D eigenvalue weighted by molar-refractivity contribution is 7.22. The first-order valence-corrected chi connectivity index (χ1v) is 7.40. The predicted octanol–water partition coefficient (Wildman–Crippen LogP) is 2.52. The van der Waals surface area contributed by atoms with Gasteiger partial charge in [0.25, 0.3) is 0 Å². The van der Waals surface area contributed by atoms with Gasteiger partial charge >= 0.3 is 0 Å². The van der Waals surface area contributed by atoms with Crippen molar-refractivity contribution in [1.82, 2.24) is 10.3 Å². The highest BCUT2D eigenvalue weighted by Crippen LogP contribution is 2.34. The minimum Gasteiger partial charge on any atom is -0.359 e. The van der Waals surface area contributed by atoms with Crippen molar-refractivity contribution in [2.75, 3.05) is 25.0 Å². The van der Waals surface area contributed by atoms with E-state index in [1.54, 1.807) is 18.4 Å². The number of hydrogen-bond acceptors (Lipinski definition) is 4. The lowest BCUT2D eigenvalue weighted by Crippen LogP contribution is -2.30. The number of carbonyl (C=O) groups is 1. The van der Waals surface area contributed by atoms with Crippen molar-refractivity contribution in [1.29, 1.82) is 0 Å².